The van der Waals surface area contributed by atoms with E-state index in [1.165, 1.54) is 0 Å². The zero-order valence-corrected chi connectivity index (χ0v) is 7.37. The minimum atomic E-state index is -3.64. The van der Waals surface area contributed by atoms with Gasteiger partial charge in [0.15, 0.2) is 0 Å². The first kappa shape index (κ1) is 11.4. The molecule has 1 saturated heterocycles. The van der Waals surface area contributed by atoms with Crippen LogP contribution in [-0.2, 0) is 18.0 Å². The molecule has 0 aromatic heterocycles. The summed E-state index contributed by atoms with van der Waals surface area (Å²) in [5.74, 6) is 0. The third kappa shape index (κ3) is 10.4. The van der Waals surface area contributed by atoms with Crippen molar-refractivity contribution in [3.8, 4) is 0 Å². The quantitative estimate of drug-likeness (QED) is 0.310. The first-order valence-electron chi connectivity index (χ1n) is 2.35. The van der Waals surface area contributed by atoms with Gasteiger partial charge in [0, 0.05) is 0 Å². The van der Waals surface area contributed by atoms with Gasteiger partial charge in [0.2, 0.25) is 0 Å². The van der Waals surface area contributed by atoms with E-state index < -0.39 is 15.3 Å². The molecular weight excluding hydrogens is 196 g/mol. The van der Waals surface area contributed by atoms with Gasteiger partial charge in [-0.2, -0.15) is 0 Å². The van der Waals surface area contributed by atoms with E-state index in [-0.39, 0.29) is 7.69 Å². The van der Waals surface area contributed by atoms with Gasteiger partial charge in [0.25, 0.3) is 15.0 Å². The van der Waals surface area contributed by atoms with Gasteiger partial charge in [-0.25, -0.2) is 4.57 Å². The Bertz CT molecular complexity index is 188. The molecule has 0 amide bonds. The summed E-state index contributed by atoms with van der Waals surface area (Å²) in [6.45, 7) is 0. The van der Waals surface area contributed by atoms with E-state index in [4.69, 9.17) is 14.7 Å². The summed E-state index contributed by atoms with van der Waals surface area (Å²) in [5, 5.41) is 0. The van der Waals surface area contributed by atoms with Crippen molar-refractivity contribution in [2.75, 3.05) is 0 Å². The van der Waals surface area contributed by atoms with Gasteiger partial charge >= 0.3 is 15.5 Å². The highest BCUT2D eigenvalue weighted by molar-refractivity contribution is 7.77. The van der Waals surface area contributed by atoms with Gasteiger partial charge in [-0.05, 0) is 0 Å². The van der Waals surface area contributed by atoms with Crippen molar-refractivity contribution in [2.24, 2.45) is 0 Å². The van der Waals surface area contributed by atoms with Crippen LogP contribution in [0.25, 0.3) is 0 Å². The Labute approximate surface area is 64.2 Å². The molecule has 1 heterocycles. The second-order valence-corrected chi connectivity index (χ2v) is 4.80. The second-order valence-electron chi connectivity index (χ2n) is 1.68. The van der Waals surface area contributed by atoms with Crippen molar-refractivity contribution < 1.29 is 32.7 Å². The molecule has 1 aliphatic heterocycles. The maximum atomic E-state index is 9.78. The summed E-state index contributed by atoms with van der Waals surface area (Å²) in [5.41, 5.74) is 0. The van der Waals surface area contributed by atoms with Gasteiger partial charge in [-0.15, -0.1) is 0 Å². The summed E-state index contributed by atoms with van der Waals surface area (Å²) >= 11 is 0. The van der Waals surface area contributed by atoms with Crippen LogP contribution in [-0.4, -0.2) is 29.9 Å². The minimum absolute atomic E-state index is 0.0478. The maximum Gasteiger partial charge on any atom is 0.456 e. The molecule has 1 rings (SSSR count). The van der Waals surface area contributed by atoms with Gasteiger partial charge in [-0.3, -0.25) is 4.57 Å². The first-order chi connectivity index (χ1) is 4.71. The van der Waals surface area contributed by atoms with E-state index in [1.807, 2.05) is 0 Å². The molecule has 7 nitrogen and oxygen atoms in total. The Hall–Kier alpha value is 0.390. The van der Waals surface area contributed by atoms with E-state index in [9.17, 15) is 9.13 Å². The van der Waals surface area contributed by atoms with Crippen LogP contribution in [0.15, 0.2) is 0 Å². The Morgan fingerprint density at radius 2 is 1.64 bits per heavy atom. The summed E-state index contributed by atoms with van der Waals surface area (Å²) in [4.78, 5) is 23.3. The minimum Gasteiger partial charge on any atom is -0.333 e. The highest BCUT2D eigenvalue weighted by atomic mass is 31.2. The molecule has 0 saturated carbocycles. The fraction of sp³-hybridized carbons (Fsp3) is 0. The summed E-state index contributed by atoms with van der Waals surface area (Å²) in [6.07, 6.45) is 0. The van der Waals surface area contributed by atoms with Crippen LogP contribution in [0.4, 0.5) is 0 Å². The third-order valence-corrected chi connectivity index (χ3v) is 1.30. The van der Waals surface area contributed by atoms with Crippen molar-refractivity contribution in [3.05, 3.63) is 0 Å². The average molecular weight is 202 g/mol. The number of hydrogen-bond acceptors (Lipinski definition) is 4. The molecule has 0 atom stereocenters. The molecule has 0 aromatic rings. The fourth-order valence-corrected chi connectivity index (χ4v) is 0.429. The molecule has 3 N–H and O–H groups in total. The average Bonchev–Trinajstić information content (AvgIpc) is 1.57. The Kier molecular flexibility index (Phi) is 4.00. The molecule has 0 unspecified atom stereocenters. The molecule has 1 aliphatic rings. The lowest BCUT2D eigenvalue weighted by Crippen LogP contribution is -2.12. The fourth-order valence-electron chi connectivity index (χ4n) is 0.143. The number of rotatable bonds is 0. The molecule has 0 radical (unpaired) electrons. The Morgan fingerprint density at radius 1 is 1.45 bits per heavy atom. The molecule has 11 heteroatoms. The van der Waals surface area contributed by atoms with Crippen LogP contribution >= 0.6 is 15.3 Å². The lowest BCUT2D eigenvalue weighted by Gasteiger charge is -2.17. The SMILES string of the molecule is BP(=O)(O)O.O=P1(O)OBO1. The van der Waals surface area contributed by atoms with E-state index in [0.29, 0.717) is 0 Å². The smallest absolute Gasteiger partial charge is 0.333 e. The number of hydrogen-bond donors (Lipinski definition) is 3. The molecule has 0 bridgehead atoms. The Morgan fingerprint density at radius 3 is 1.64 bits per heavy atom. The Balaban J connectivity index is 0.000000187. The van der Waals surface area contributed by atoms with E-state index in [0.717, 1.165) is 7.57 Å². The highest BCUT2D eigenvalue weighted by Gasteiger charge is 2.31. The van der Waals surface area contributed by atoms with Crippen molar-refractivity contribution in [3.63, 3.8) is 0 Å². The molecule has 64 valence electrons. The topological polar surface area (TPSA) is 113 Å². The first-order valence-corrected chi connectivity index (χ1v) is 5.91. The van der Waals surface area contributed by atoms with Crippen LogP contribution in [0.3, 0.4) is 0 Å². The van der Waals surface area contributed by atoms with Crippen molar-refractivity contribution in [1.29, 1.82) is 0 Å². The van der Waals surface area contributed by atoms with Crippen LogP contribution in [0.2, 0.25) is 0 Å². The van der Waals surface area contributed by atoms with E-state index in [1.54, 1.807) is 0 Å². The van der Waals surface area contributed by atoms with E-state index in [2.05, 4.69) is 8.88 Å². The lowest BCUT2D eigenvalue weighted by atomic mass is 10.4. The van der Waals surface area contributed by atoms with Crippen LogP contribution in [0, 0.1) is 0 Å². The zero-order chi connectivity index (χ0) is 9.12. The largest absolute Gasteiger partial charge is 0.456 e. The maximum absolute atomic E-state index is 9.78. The molecule has 1 fully saturated rings. The lowest BCUT2D eigenvalue weighted by molar-refractivity contribution is 0.222. The predicted octanol–water partition coefficient (Wildman–Crippen LogP) is -1.89. The third-order valence-electron chi connectivity index (χ3n) is 0.432. The van der Waals surface area contributed by atoms with Crippen LogP contribution in [0.1, 0.15) is 0 Å². The van der Waals surface area contributed by atoms with Crippen molar-refractivity contribution in [1.82, 2.24) is 0 Å². The molecule has 11 heavy (non-hydrogen) atoms. The molecule has 0 spiro atoms. The van der Waals surface area contributed by atoms with Crippen LogP contribution in [0.5, 0.6) is 0 Å². The normalized spacial score (nSPS) is 20.3. The zero-order valence-electron chi connectivity index (χ0n) is 5.58. The van der Waals surface area contributed by atoms with Crippen LogP contribution < -0.4 is 0 Å². The summed E-state index contributed by atoms with van der Waals surface area (Å²) in [6, 6.07) is 0. The van der Waals surface area contributed by atoms with Gasteiger partial charge < -0.3 is 23.6 Å². The van der Waals surface area contributed by atoms with Gasteiger partial charge in [-0.1, -0.05) is 0 Å². The van der Waals surface area contributed by atoms with E-state index >= 15 is 0 Å². The van der Waals surface area contributed by atoms with Gasteiger partial charge in [0.1, 0.15) is 0 Å². The second kappa shape index (κ2) is 3.87. The standard InChI is InChI=1S/BH2O4P.BH4O3P/c2-6(3)4-1-5-6;1-5(2,3)4/h1H,(H,2,3);1H2,(H2,2,3,4). The number of phosphoric acid groups is 1. The monoisotopic (exact) mass is 202 g/mol. The van der Waals surface area contributed by atoms with Crippen molar-refractivity contribution in [2.45, 2.75) is 0 Å². The molecular formula is H6B2O7P2. The van der Waals surface area contributed by atoms with Crippen molar-refractivity contribution >= 4 is 30.5 Å². The summed E-state index contributed by atoms with van der Waals surface area (Å²) < 4.78 is 27.1. The molecule has 0 aromatic carbocycles. The predicted molar refractivity (Wildman–Crippen MR) is 39.7 cm³/mol. The molecule has 0 aliphatic carbocycles. The summed E-state index contributed by atoms with van der Waals surface area (Å²) in [7, 11) is -6.30. The highest BCUT2D eigenvalue weighted by Crippen LogP contribution is 2.49. The van der Waals surface area contributed by atoms with Gasteiger partial charge in [0.05, 0.1) is 0 Å².